The number of thiazole rings is 1. The van der Waals surface area contributed by atoms with Crippen molar-refractivity contribution in [2.75, 3.05) is 11.7 Å². The molecular formula is C22H18N4O3S. The SMILES string of the molecule is O=C(Cc1ccc2c(c1)OCO2)N(c1nc(-c2c[nH]c3ncccc23)cs1)C1CC1. The Kier molecular flexibility index (Phi) is 3.98. The lowest BCUT2D eigenvalue weighted by molar-refractivity contribution is -0.118. The maximum Gasteiger partial charge on any atom is 0.233 e. The molecule has 0 unspecified atom stereocenters. The van der Waals surface area contributed by atoms with Crippen molar-refractivity contribution < 1.29 is 14.3 Å². The molecule has 1 aliphatic carbocycles. The zero-order chi connectivity index (χ0) is 20.1. The standard InChI is InChI=1S/C22H18N4O3S/c27-20(9-13-3-6-18-19(8-13)29-12-28-18)26(14-4-5-14)22-25-17(11-30-22)16-10-24-21-15(16)2-1-7-23-21/h1-3,6-8,10-11,14H,4-5,9,12H2,(H,23,24). The van der Waals surface area contributed by atoms with Crippen molar-refractivity contribution in [2.24, 2.45) is 0 Å². The monoisotopic (exact) mass is 418 g/mol. The summed E-state index contributed by atoms with van der Waals surface area (Å²) in [5.74, 6) is 1.48. The molecule has 1 fully saturated rings. The summed E-state index contributed by atoms with van der Waals surface area (Å²) in [6.45, 7) is 0.228. The van der Waals surface area contributed by atoms with Crippen LogP contribution in [0.5, 0.6) is 11.5 Å². The van der Waals surface area contributed by atoms with Gasteiger partial charge < -0.3 is 14.5 Å². The fourth-order valence-corrected chi connectivity index (χ4v) is 4.69. The van der Waals surface area contributed by atoms with Crippen molar-refractivity contribution in [1.82, 2.24) is 15.0 Å². The number of nitrogens with zero attached hydrogens (tertiary/aromatic N) is 3. The third-order valence-electron chi connectivity index (χ3n) is 5.40. The van der Waals surface area contributed by atoms with Crippen LogP contribution < -0.4 is 14.4 Å². The molecule has 2 aliphatic rings. The highest BCUT2D eigenvalue weighted by molar-refractivity contribution is 7.14. The van der Waals surface area contributed by atoms with Crippen molar-refractivity contribution >= 4 is 33.4 Å². The molecule has 4 aromatic rings. The zero-order valence-corrected chi connectivity index (χ0v) is 16.8. The van der Waals surface area contributed by atoms with Crippen molar-refractivity contribution in [3.05, 3.63) is 53.7 Å². The highest BCUT2D eigenvalue weighted by Gasteiger charge is 2.35. The molecule has 1 aromatic carbocycles. The first-order chi connectivity index (χ1) is 14.8. The number of H-pyrrole nitrogens is 1. The van der Waals surface area contributed by atoms with Gasteiger partial charge >= 0.3 is 0 Å². The van der Waals surface area contributed by atoms with E-state index >= 15 is 0 Å². The molecule has 1 aliphatic heterocycles. The summed E-state index contributed by atoms with van der Waals surface area (Å²) in [5.41, 5.74) is 3.60. The zero-order valence-electron chi connectivity index (χ0n) is 16.0. The topological polar surface area (TPSA) is 80.3 Å². The van der Waals surface area contributed by atoms with Crippen LogP contribution in [0.15, 0.2) is 48.1 Å². The van der Waals surface area contributed by atoms with E-state index in [1.165, 1.54) is 11.3 Å². The van der Waals surface area contributed by atoms with E-state index in [0.29, 0.717) is 12.2 Å². The first-order valence-electron chi connectivity index (χ1n) is 9.85. The average Bonchev–Trinajstić information content (AvgIpc) is 3.15. The number of benzene rings is 1. The summed E-state index contributed by atoms with van der Waals surface area (Å²) in [4.78, 5) is 27.4. The number of amides is 1. The third kappa shape index (κ3) is 3.00. The Bertz CT molecular complexity index is 1260. The molecular weight excluding hydrogens is 400 g/mol. The lowest BCUT2D eigenvalue weighted by Gasteiger charge is -2.19. The van der Waals surface area contributed by atoms with Gasteiger partial charge in [-0.15, -0.1) is 11.3 Å². The van der Waals surface area contributed by atoms with Gasteiger partial charge in [0.15, 0.2) is 16.6 Å². The van der Waals surface area contributed by atoms with Crippen molar-refractivity contribution in [3.63, 3.8) is 0 Å². The molecule has 0 atom stereocenters. The predicted octanol–water partition coefficient (Wildman–Crippen LogP) is 4.15. The molecule has 150 valence electrons. The quantitative estimate of drug-likeness (QED) is 0.527. The molecule has 7 nitrogen and oxygen atoms in total. The smallest absolute Gasteiger partial charge is 0.233 e. The Hall–Kier alpha value is -3.39. The minimum atomic E-state index is 0.0536. The number of rotatable bonds is 5. The second kappa shape index (κ2) is 6.84. The highest BCUT2D eigenvalue weighted by Crippen LogP contribution is 2.38. The third-order valence-corrected chi connectivity index (χ3v) is 6.24. The molecule has 1 N–H and O–H groups in total. The van der Waals surface area contributed by atoms with Crippen LogP contribution in [0.25, 0.3) is 22.3 Å². The van der Waals surface area contributed by atoms with Gasteiger partial charge in [0, 0.05) is 34.8 Å². The van der Waals surface area contributed by atoms with Crippen LogP contribution in [-0.4, -0.2) is 33.7 Å². The van der Waals surface area contributed by atoms with Crippen LogP contribution in [-0.2, 0) is 11.2 Å². The summed E-state index contributed by atoms with van der Waals surface area (Å²) in [7, 11) is 0. The first kappa shape index (κ1) is 17.5. The van der Waals surface area contributed by atoms with Crippen LogP contribution in [0.3, 0.4) is 0 Å². The Morgan fingerprint density at radius 1 is 1.23 bits per heavy atom. The van der Waals surface area contributed by atoms with Gasteiger partial charge in [0.1, 0.15) is 5.65 Å². The Morgan fingerprint density at radius 2 is 2.13 bits per heavy atom. The van der Waals surface area contributed by atoms with Crippen molar-refractivity contribution in [2.45, 2.75) is 25.3 Å². The highest BCUT2D eigenvalue weighted by atomic mass is 32.1. The van der Waals surface area contributed by atoms with E-state index in [2.05, 4.69) is 9.97 Å². The molecule has 0 radical (unpaired) electrons. The maximum absolute atomic E-state index is 13.2. The Balaban J connectivity index is 1.28. The summed E-state index contributed by atoms with van der Waals surface area (Å²) in [5, 5.41) is 3.78. The molecule has 30 heavy (non-hydrogen) atoms. The number of pyridine rings is 1. The van der Waals surface area contributed by atoms with Crippen molar-refractivity contribution in [1.29, 1.82) is 0 Å². The van der Waals surface area contributed by atoms with E-state index < -0.39 is 0 Å². The number of ether oxygens (including phenoxy) is 2. The van der Waals surface area contributed by atoms with E-state index in [-0.39, 0.29) is 18.7 Å². The summed E-state index contributed by atoms with van der Waals surface area (Å²) >= 11 is 1.51. The van der Waals surface area contributed by atoms with Gasteiger partial charge in [-0.2, -0.15) is 0 Å². The number of aromatic amines is 1. The number of aromatic nitrogens is 3. The van der Waals surface area contributed by atoms with Gasteiger partial charge in [0.2, 0.25) is 12.7 Å². The molecule has 4 heterocycles. The van der Waals surface area contributed by atoms with Gasteiger partial charge in [0.05, 0.1) is 12.1 Å². The van der Waals surface area contributed by atoms with Crippen LogP contribution in [0.2, 0.25) is 0 Å². The van der Waals surface area contributed by atoms with Crippen LogP contribution in [0, 0.1) is 0 Å². The molecule has 3 aromatic heterocycles. The first-order valence-corrected chi connectivity index (χ1v) is 10.7. The minimum absolute atomic E-state index is 0.0536. The fraction of sp³-hybridized carbons (Fsp3) is 0.227. The average molecular weight is 418 g/mol. The predicted molar refractivity (Wildman–Crippen MR) is 114 cm³/mol. The number of fused-ring (bicyclic) bond motifs is 2. The molecule has 1 saturated carbocycles. The molecule has 1 amide bonds. The molecule has 0 spiro atoms. The van der Waals surface area contributed by atoms with E-state index in [1.54, 1.807) is 6.20 Å². The fourth-order valence-electron chi connectivity index (χ4n) is 3.78. The van der Waals surface area contributed by atoms with E-state index in [0.717, 1.165) is 51.6 Å². The Labute approximate surface area is 176 Å². The summed E-state index contributed by atoms with van der Waals surface area (Å²) in [6, 6.07) is 9.84. The van der Waals surface area contributed by atoms with E-state index in [9.17, 15) is 4.79 Å². The minimum Gasteiger partial charge on any atom is -0.454 e. The second-order valence-electron chi connectivity index (χ2n) is 7.48. The number of nitrogens with one attached hydrogen (secondary N) is 1. The summed E-state index contributed by atoms with van der Waals surface area (Å²) in [6.07, 6.45) is 6.02. The number of anilines is 1. The lowest BCUT2D eigenvalue weighted by atomic mass is 10.1. The van der Waals surface area contributed by atoms with Crippen LogP contribution >= 0.6 is 11.3 Å². The normalized spacial score (nSPS) is 14.9. The lowest BCUT2D eigenvalue weighted by Crippen LogP contribution is -2.34. The number of carbonyl (C=O) groups excluding carboxylic acids is 1. The number of carbonyl (C=O) groups is 1. The largest absolute Gasteiger partial charge is 0.454 e. The number of hydrogen-bond donors (Lipinski definition) is 1. The van der Waals surface area contributed by atoms with E-state index in [4.69, 9.17) is 14.5 Å². The van der Waals surface area contributed by atoms with Gasteiger partial charge in [0.25, 0.3) is 0 Å². The molecule has 8 heteroatoms. The van der Waals surface area contributed by atoms with Crippen LogP contribution in [0.4, 0.5) is 5.13 Å². The van der Waals surface area contributed by atoms with E-state index in [1.807, 2.05) is 46.8 Å². The molecule has 0 bridgehead atoms. The molecule has 6 rings (SSSR count). The van der Waals surface area contributed by atoms with Crippen LogP contribution in [0.1, 0.15) is 18.4 Å². The Morgan fingerprint density at radius 3 is 3.03 bits per heavy atom. The van der Waals surface area contributed by atoms with Gasteiger partial charge in [-0.05, 0) is 42.7 Å². The summed E-state index contributed by atoms with van der Waals surface area (Å²) < 4.78 is 10.8. The second-order valence-corrected chi connectivity index (χ2v) is 8.31. The molecule has 0 saturated heterocycles. The number of hydrogen-bond acceptors (Lipinski definition) is 6. The maximum atomic E-state index is 13.2. The van der Waals surface area contributed by atoms with Gasteiger partial charge in [-0.25, -0.2) is 9.97 Å². The van der Waals surface area contributed by atoms with Gasteiger partial charge in [-0.1, -0.05) is 6.07 Å². The van der Waals surface area contributed by atoms with Gasteiger partial charge in [-0.3, -0.25) is 9.69 Å². The van der Waals surface area contributed by atoms with Crippen molar-refractivity contribution in [3.8, 4) is 22.8 Å².